The number of hydrogen-bond donors (Lipinski definition) is 1. The third-order valence-corrected chi connectivity index (χ3v) is 12.5. The van der Waals surface area contributed by atoms with Crippen molar-refractivity contribution in [2.24, 2.45) is 11.8 Å². The van der Waals surface area contributed by atoms with Gasteiger partial charge in [-0.1, -0.05) is 105 Å². The van der Waals surface area contributed by atoms with Crippen molar-refractivity contribution in [1.29, 1.82) is 0 Å². The number of ketones is 1. The maximum Gasteiger partial charge on any atom is 0.162 e. The average Bonchev–Trinajstić information content (AvgIpc) is 3.46. The number of carbonyl (C=O) groups excluding carboxylic acids is 1. The molecule has 3 aromatic carbocycles. The van der Waals surface area contributed by atoms with Crippen molar-refractivity contribution in [2.75, 3.05) is 0 Å². The number of aromatic nitrogens is 1. The van der Waals surface area contributed by atoms with Gasteiger partial charge in [0, 0.05) is 64.7 Å². The average molecular weight is 899 g/mol. The molecule has 6 rings (SSSR count). The van der Waals surface area contributed by atoms with Crippen molar-refractivity contribution >= 4 is 48.1 Å². The minimum atomic E-state index is -0.180. The summed E-state index contributed by atoms with van der Waals surface area (Å²) in [6, 6.07) is 18.6. The van der Waals surface area contributed by atoms with Crippen molar-refractivity contribution in [3.05, 3.63) is 89.1 Å². The van der Waals surface area contributed by atoms with Crippen LogP contribution in [0.2, 0.25) is 0 Å². The van der Waals surface area contributed by atoms with Gasteiger partial charge in [0.15, 0.2) is 5.78 Å². The number of thiophene rings is 1. The third kappa shape index (κ3) is 8.10. The molecule has 0 saturated carbocycles. The van der Waals surface area contributed by atoms with Crippen molar-refractivity contribution in [1.82, 2.24) is 4.98 Å². The number of hydrogen-bond acceptors (Lipinski definition) is 4. The second-order valence-electron chi connectivity index (χ2n) is 16.8. The van der Waals surface area contributed by atoms with Gasteiger partial charge in [-0.15, -0.1) is 40.5 Å². The predicted molar refractivity (Wildman–Crippen MR) is 217 cm³/mol. The number of aliphatic hydroxyl groups excluding tert-OH is 1. The predicted octanol–water partition coefficient (Wildman–Crippen LogP) is 13.7. The van der Waals surface area contributed by atoms with Crippen LogP contribution in [0.4, 0.5) is 4.39 Å². The van der Waals surface area contributed by atoms with E-state index in [1.807, 2.05) is 40.0 Å². The molecule has 1 aliphatic rings. The van der Waals surface area contributed by atoms with E-state index in [2.05, 4.69) is 90.9 Å². The first kappa shape index (κ1) is 41.8. The number of allylic oxidation sites excluding steroid dienone is 2. The molecule has 6 heteroatoms. The number of rotatable bonds is 8. The van der Waals surface area contributed by atoms with Gasteiger partial charge in [-0.3, -0.25) is 9.78 Å². The van der Waals surface area contributed by atoms with Crippen LogP contribution in [0, 0.1) is 23.7 Å². The Balaban J connectivity index is 0.000000323. The molecule has 0 spiro atoms. The summed E-state index contributed by atoms with van der Waals surface area (Å²) in [6.07, 6.45) is 8.80. The molecule has 1 aliphatic carbocycles. The molecule has 2 heterocycles. The monoisotopic (exact) mass is 899 g/mol. The molecule has 0 atom stereocenters. The largest absolute Gasteiger partial charge is 0.512 e. The SMILES string of the molecule is CC(C)(C)c1cc(-c2nccc3c2sc2cc4c(c(F)c23)C(C)(C)CCC4(C)C)[c-]c2ccccc12.CCC(CC)C(=O)/C=C(\O)C(CC)CC.[Ir]. The number of fused-ring (bicyclic) bond motifs is 5. The Morgan fingerprint density at radius 1 is 0.942 bits per heavy atom. The van der Waals surface area contributed by atoms with Crippen LogP contribution in [-0.2, 0) is 41.1 Å². The van der Waals surface area contributed by atoms with Gasteiger partial charge in [0.05, 0.1) is 5.76 Å². The van der Waals surface area contributed by atoms with Gasteiger partial charge in [0.1, 0.15) is 5.82 Å². The zero-order chi connectivity index (χ0) is 37.5. The van der Waals surface area contributed by atoms with Gasteiger partial charge in [-0.25, -0.2) is 4.39 Å². The summed E-state index contributed by atoms with van der Waals surface area (Å²) in [7, 11) is 0. The van der Waals surface area contributed by atoms with Gasteiger partial charge in [0.25, 0.3) is 0 Å². The summed E-state index contributed by atoms with van der Waals surface area (Å²) < 4.78 is 18.5. The van der Waals surface area contributed by atoms with Crippen LogP contribution in [0.1, 0.15) is 131 Å². The van der Waals surface area contributed by atoms with Crippen LogP contribution < -0.4 is 0 Å². The van der Waals surface area contributed by atoms with Crippen LogP contribution in [0.25, 0.3) is 42.2 Å². The Hall–Kier alpha value is -2.92. The molecule has 0 bridgehead atoms. The van der Waals surface area contributed by atoms with E-state index in [-0.39, 0.29) is 65.5 Å². The zero-order valence-electron chi connectivity index (χ0n) is 33.0. The number of carbonyl (C=O) groups is 1. The van der Waals surface area contributed by atoms with E-state index in [0.717, 1.165) is 86.5 Å². The van der Waals surface area contributed by atoms with Crippen LogP contribution >= 0.6 is 11.3 Å². The molecule has 281 valence electrons. The van der Waals surface area contributed by atoms with E-state index in [1.54, 1.807) is 11.3 Å². The number of pyridine rings is 1. The maximum atomic E-state index is 16.5. The summed E-state index contributed by atoms with van der Waals surface area (Å²) >= 11 is 1.67. The van der Waals surface area contributed by atoms with Crippen LogP contribution in [0.15, 0.2) is 60.5 Å². The second-order valence-corrected chi connectivity index (χ2v) is 17.8. The van der Waals surface area contributed by atoms with Crippen molar-refractivity contribution in [2.45, 2.75) is 131 Å². The molecular formula is C46H57FIrNO2S-. The first-order valence-electron chi connectivity index (χ1n) is 18.9. The Bertz CT molecular complexity index is 2090. The summed E-state index contributed by atoms with van der Waals surface area (Å²) in [4.78, 5) is 16.6. The smallest absolute Gasteiger partial charge is 0.162 e. The molecule has 2 aromatic heterocycles. The van der Waals surface area contributed by atoms with Gasteiger partial charge >= 0.3 is 0 Å². The number of halogens is 1. The van der Waals surface area contributed by atoms with Crippen LogP contribution in [0.3, 0.4) is 0 Å². The Labute approximate surface area is 328 Å². The van der Waals surface area contributed by atoms with Crippen molar-refractivity contribution < 1.29 is 34.4 Å². The Morgan fingerprint density at radius 2 is 1.56 bits per heavy atom. The molecule has 1 radical (unpaired) electrons. The molecule has 5 aromatic rings. The maximum absolute atomic E-state index is 16.5. The van der Waals surface area contributed by atoms with Crippen molar-refractivity contribution in [3.8, 4) is 11.3 Å². The molecule has 52 heavy (non-hydrogen) atoms. The van der Waals surface area contributed by atoms with Crippen LogP contribution in [-0.4, -0.2) is 15.9 Å². The topological polar surface area (TPSA) is 50.2 Å². The first-order valence-corrected chi connectivity index (χ1v) is 19.8. The Kier molecular flexibility index (Phi) is 13.0. The second kappa shape index (κ2) is 16.2. The fourth-order valence-electron chi connectivity index (χ4n) is 7.85. The molecule has 1 N–H and O–H groups in total. The quantitative estimate of drug-likeness (QED) is 0.0959. The number of nitrogens with zero attached hydrogens (tertiary/aromatic N) is 1. The normalized spacial score (nSPS) is 15.5. The van der Waals surface area contributed by atoms with Crippen molar-refractivity contribution in [3.63, 3.8) is 0 Å². The van der Waals surface area contributed by atoms with Crippen LogP contribution in [0.5, 0.6) is 0 Å². The van der Waals surface area contributed by atoms with Gasteiger partial charge in [0.2, 0.25) is 0 Å². The summed E-state index contributed by atoms with van der Waals surface area (Å²) in [5, 5.41) is 13.8. The standard InChI is InChI=1S/C33H33FNS.C13H24O2.Ir/c1-31(2,3)23-17-20(16-19-10-8-9-11-21(19)23)29-30-22(12-15-35-29)26-25(36-30)18-24-27(28(26)34)33(6,7)14-13-32(24,4)5;1-5-10(6-2)12(14)9-13(15)11(7-3)8-4;/h8-12,15,17-18H,13-14H2,1-7H3;9-11,14H,5-8H2,1-4H3;/q-1;;/b;12-9-;. The summed E-state index contributed by atoms with van der Waals surface area (Å²) in [6.45, 7) is 23.7. The number of aliphatic hydroxyl groups is 1. The van der Waals surface area contributed by atoms with E-state index in [4.69, 9.17) is 4.98 Å². The first-order chi connectivity index (χ1) is 24.0. The van der Waals surface area contributed by atoms with E-state index < -0.39 is 0 Å². The minimum Gasteiger partial charge on any atom is -0.512 e. The molecule has 0 amide bonds. The van der Waals surface area contributed by atoms with E-state index in [0.29, 0.717) is 0 Å². The molecule has 0 unspecified atom stereocenters. The van der Waals surface area contributed by atoms with Gasteiger partial charge in [-0.2, -0.15) is 0 Å². The molecule has 0 fully saturated rings. The third-order valence-electron chi connectivity index (χ3n) is 11.3. The Morgan fingerprint density at radius 3 is 2.17 bits per heavy atom. The number of benzene rings is 3. The summed E-state index contributed by atoms with van der Waals surface area (Å²) in [5.74, 6) is 0.507. The van der Waals surface area contributed by atoms with E-state index >= 15 is 4.39 Å². The van der Waals surface area contributed by atoms with Gasteiger partial charge in [-0.05, 0) is 83.4 Å². The van der Waals surface area contributed by atoms with E-state index in [1.165, 1.54) is 17.0 Å². The fourth-order valence-corrected chi connectivity index (χ4v) is 9.08. The summed E-state index contributed by atoms with van der Waals surface area (Å²) in [5.41, 5.74) is 4.96. The molecule has 0 saturated heterocycles. The molecule has 0 aliphatic heterocycles. The van der Waals surface area contributed by atoms with Gasteiger partial charge < -0.3 is 5.11 Å². The minimum absolute atomic E-state index is 0. The molecular weight excluding hydrogens is 842 g/mol. The fraction of sp³-hybridized carbons (Fsp3) is 0.478. The van der Waals surface area contributed by atoms with E-state index in [9.17, 15) is 9.90 Å². The molecule has 3 nitrogen and oxygen atoms in total. The zero-order valence-corrected chi connectivity index (χ0v) is 36.2.